The summed E-state index contributed by atoms with van der Waals surface area (Å²) in [6.45, 7) is 2.35. The third-order valence-corrected chi connectivity index (χ3v) is 5.06. The zero-order valence-electron chi connectivity index (χ0n) is 13.3. The van der Waals surface area contributed by atoms with Crippen molar-refractivity contribution in [1.29, 1.82) is 0 Å². The number of thioether (sulfide) groups is 2. The van der Waals surface area contributed by atoms with Crippen LogP contribution in [0, 0.1) is 0 Å². The minimum atomic E-state index is 1.17. The first-order valence-corrected chi connectivity index (χ1v) is 9.20. The van der Waals surface area contributed by atoms with Crippen LogP contribution >= 0.6 is 23.5 Å². The van der Waals surface area contributed by atoms with E-state index in [4.69, 9.17) is 0 Å². The molecule has 1 aromatic carbocycles. The van der Waals surface area contributed by atoms with E-state index in [0.29, 0.717) is 0 Å². The fourth-order valence-corrected chi connectivity index (χ4v) is 3.45. The van der Waals surface area contributed by atoms with E-state index in [1.807, 2.05) is 23.5 Å². The molecule has 1 aromatic rings. The molecule has 0 amide bonds. The van der Waals surface area contributed by atoms with Crippen LogP contribution in [0.5, 0.6) is 0 Å². The highest BCUT2D eigenvalue weighted by Gasteiger charge is 1.98. The lowest BCUT2D eigenvalue weighted by atomic mass is 10.4. The molecular weight excluding hydrogens is 284 g/mol. The van der Waals surface area contributed by atoms with Gasteiger partial charge in [0, 0.05) is 9.79 Å². The van der Waals surface area contributed by atoms with Gasteiger partial charge in [-0.1, -0.05) is 0 Å². The Bertz CT molecular complexity index is 315. The average Bonchev–Trinajstić information content (AvgIpc) is 2.41. The molecule has 0 bridgehead atoms. The molecule has 0 saturated heterocycles. The van der Waals surface area contributed by atoms with Gasteiger partial charge in [-0.3, -0.25) is 0 Å². The minimum absolute atomic E-state index is 1.17. The van der Waals surface area contributed by atoms with Gasteiger partial charge in [0.1, 0.15) is 0 Å². The smallest absolute Gasteiger partial charge is 0.00727 e. The monoisotopic (exact) mass is 312 g/mol. The van der Waals surface area contributed by atoms with Gasteiger partial charge in [-0.05, 0) is 89.9 Å². The maximum absolute atomic E-state index is 2.26. The molecule has 0 aliphatic carbocycles. The van der Waals surface area contributed by atoms with Crippen molar-refractivity contribution in [2.75, 3.05) is 52.8 Å². The quantitative estimate of drug-likeness (QED) is 0.479. The molecule has 1 rings (SSSR count). The Balaban J connectivity index is 2.19. The van der Waals surface area contributed by atoms with Crippen molar-refractivity contribution in [2.24, 2.45) is 0 Å². The summed E-state index contributed by atoms with van der Waals surface area (Å²) >= 11 is 3.92. The van der Waals surface area contributed by atoms with Gasteiger partial charge >= 0.3 is 0 Å². The zero-order chi connectivity index (χ0) is 14.8. The Labute approximate surface area is 133 Å². The van der Waals surface area contributed by atoms with E-state index >= 15 is 0 Å². The Kier molecular flexibility index (Phi) is 9.44. The number of rotatable bonds is 10. The summed E-state index contributed by atoms with van der Waals surface area (Å²) in [5, 5.41) is 0. The molecule has 4 heteroatoms. The molecule has 0 N–H and O–H groups in total. The van der Waals surface area contributed by atoms with Gasteiger partial charge in [-0.2, -0.15) is 0 Å². The molecule has 2 nitrogen and oxygen atoms in total. The van der Waals surface area contributed by atoms with Crippen molar-refractivity contribution < 1.29 is 0 Å². The van der Waals surface area contributed by atoms with Crippen molar-refractivity contribution in [2.45, 2.75) is 22.6 Å². The zero-order valence-corrected chi connectivity index (χ0v) is 14.9. The molecule has 20 heavy (non-hydrogen) atoms. The number of nitrogens with zero attached hydrogens (tertiary/aromatic N) is 2. The predicted molar refractivity (Wildman–Crippen MR) is 94.2 cm³/mol. The van der Waals surface area contributed by atoms with Crippen LogP contribution in [0.1, 0.15) is 12.8 Å². The van der Waals surface area contributed by atoms with Gasteiger partial charge in [-0.25, -0.2) is 0 Å². The summed E-state index contributed by atoms with van der Waals surface area (Å²) in [5.41, 5.74) is 0. The van der Waals surface area contributed by atoms with E-state index in [2.05, 4.69) is 62.3 Å². The van der Waals surface area contributed by atoms with E-state index in [9.17, 15) is 0 Å². The summed E-state index contributed by atoms with van der Waals surface area (Å²) in [6.07, 6.45) is 2.50. The summed E-state index contributed by atoms with van der Waals surface area (Å²) in [6, 6.07) is 9.03. The van der Waals surface area contributed by atoms with Gasteiger partial charge in [0.2, 0.25) is 0 Å². The molecular formula is C16H28N2S2. The standard InChI is InChI=1S/C16H28N2S2/c1-17(2)11-5-13-19-15-7-9-16(10-8-15)20-14-6-12-18(3)4/h7-10H,5-6,11-14H2,1-4H3. The van der Waals surface area contributed by atoms with Crippen LogP contribution in [0.3, 0.4) is 0 Å². The second-order valence-corrected chi connectivity index (χ2v) is 7.82. The van der Waals surface area contributed by atoms with Crippen LogP contribution in [-0.4, -0.2) is 62.6 Å². The van der Waals surface area contributed by atoms with Crippen LogP contribution in [-0.2, 0) is 0 Å². The second kappa shape index (κ2) is 10.6. The third-order valence-electron chi connectivity index (χ3n) is 2.86. The van der Waals surface area contributed by atoms with Crippen molar-refractivity contribution in [1.82, 2.24) is 9.80 Å². The molecule has 0 aliphatic heterocycles. The van der Waals surface area contributed by atoms with Crippen molar-refractivity contribution in [3.05, 3.63) is 24.3 Å². The molecule has 0 aromatic heterocycles. The second-order valence-electron chi connectivity index (χ2n) is 5.48. The van der Waals surface area contributed by atoms with Gasteiger partial charge < -0.3 is 9.80 Å². The molecule has 0 unspecified atom stereocenters. The summed E-state index contributed by atoms with van der Waals surface area (Å²) in [5.74, 6) is 2.40. The first-order chi connectivity index (χ1) is 9.58. The lowest BCUT2D eigenvalue weighted by Crippen LogP contribution is -2.13. The summed E-state index contributed by atoms with van der Waals surface area (Å²) in [7, 11) is 8.53. The van der Waals surface area contributed by atoms with E-state index in [1.165, 1.54) is 47.2 Å². The Morgan fingerprint density at radius 3 is 1.35 bits per heavy atom. The Hall–Kier alpha value is -0.160. The van der Waals surface area contributed by atoms with Crippen molar-refractivity contribution >= 4 is 23.5 Å². The molecule has 0 atom stereocenters. The Morgan fingerprint density at radius 2 is 1.05 bits per heavy atom. The molecule has 114 valence electrons. The maximum Gasteiger partial charge on any atom is 0.00727 e. The third kappa shape index (κ3) is 8.90. The Morgan fingerprint density at radius 1 is 0.700 bits per heavy atom. The molecule has 0 heterocycles. The highest BCUT2D eigenvalue weighted by atomic mass is 32.2. The minimum Gasteiger partial charge on any atom is -0.309 e. The number of benzene rings is 1. The van der Waals surface area contributed by atoms with Gasteiger partial charge in [0.25, 0.3) is 0 Å². The van der Waals surface area contributed by atoms with Crippen LogP contribution < -0.4 is 0 Å². The largest absolute Gasteiger partial charge is 0.309 e. The van der Waals surface area contributed by atoms with Crippen LogP contribution in [0.2, 0.25) is 0 Å². The summed E-state index contributed by atoms with van der Waals surface area (Å²) in [4.78, 5) is 7.27. The molecule has 0 fully saturated rings. The predicted octanol–water partition coefficient (Wildman–Crippen LogP) is 3.77. The average molecular weight is 313 g/mol. The first-order valence-electron chi connectivity index (χ1n) is 7.23. The van der Waals surface area contributed by atoms with E-state index in [0.717, 1.165) is 0 Å². The van der Waals surface area contributed by atoms with E-state index < -0.39 is 0 Å². The lowest BCUT2D eigenvalue weighted by Gasteiger charge is -2.09. The number of hydrogen-bond acceptors (Lipinski definition) is 4. The first kappa shape index (κ1) is 17.9. The molecule has 0 aliphatic rings. The van der Waals surface area contributed by atoms with Crippen LogP contribution in [0.4, 0.5) is 0 Å². The molecule has 0 spiro atoms. The van der Waals surface area contributed by atoms with Crippen molar-refractivity contribution in [3.8, 4) is 0 Å². The lowest BCUT2D eigenvalue weighted by molar-refractivity contribution is 0.410. The molecule has 0 saturated carbocycles. The van der Waals surface area contributed by atoms with Gasteiger partial charge in [-0.15, -0.1) is 23.5 Å². The van der Waals surface area contributed by atoms with Gasteiger partial charge in [0.05, 0.1) is 0 Å². The fourth-order valence-electron chi connectivity index (χ4n) is 1.77. The SMILES string of the molecule is CN(C)CCCSc1ccc(SCCCN(C)C)cc1. The highest BCUT2D eigenvalue weighted by Crippen LogP contribution is 2.24. The van der Waals surface area contributed by atoms with Gasteiger partial charge in [0.15, 0.2) is 0 Å². The normalized spacial score (nSPS) is 11.5. The maximum atomic E-state index is 2.26. The van der Waals surface area contributed by atoms with E-state index in [-0.39, 0.29) is 0 Å². The molecule has 0 radical (unpaired) electrons. The van der Waals surface area contributed by atoms with Crippen molar-refractivity contribution in [3.63, 3.8) is 0 Å². The van der Waals surface area contributed by atoms with Crippen LogP contribution in [0.15, 0.2) is 34.1 Å². The highest BCUT2D eigenvalue weighted by molar-refractivity contribution is 7.99. The van der Waals surface area contributed by atoms with E-state index in [1.54, 1.807) is 0 Å². The van der Waals surface area contributed by atoms with Crippen LogP contribution in [0.25, 0.3) is 0 Å². The summed E-state index contributed by atoms with van der Waals surface area (Å²) < 4.78 is 0. The fraction of sp³-hybridized carbons (Fsp3) is 0.625. The topological polar surface area (TPSA) is 6.48 Å². The number of hydrogen-bond donors (Lipinski definition) is 0.